The largest absolute Gasteiger partial charge is 1.00 e. The second kappa shape index (κ2) is 7.35. The molecule has 0 heterocycles. The summed E-state index contributed by atoms with van der Waals surface area (Å²) in [5.41, 5.74) is 4.08. The van der Waals surface area contributed by atoms with E-state index in [0.29, 0.717) is 3.63 Å². The second-order valence-corrected chi connectivity index (χ2v) is 4.89. The smallest absolute Gasteiger partial charge is 1.00 e. The molecule has 15 heavy (non-hydrogen) atoms. The van der Waals surface area contributed by atoms with Crippen LogP contribution in [0.25, 0.3) is 6.08 Å². The van der Waals surface area contributed by atoms with E-state index in [4.69, 9.17) is 11.6 Å². The average molecular weight is 361 g/mol. The van der Waals surface area contributed by atoms with E-state index in [-0.39, 0.29) is 37.2 Å². The molecular formula is C10H8Cl4Zr. The second-order valence-electron chi connectivity index (χ2n) is 3.06. The van der Waals surface area contributed by atoms with Gasteiger partial charge in [0.15, 0.2) is 0 Å². The van der Waals surface area contributed by atoms with Gasteiger partial charge in [0.05, 0.1) is 0 Å². The van der Waals surface area contributed by atoms with Crippen molar-refractivity contribution in [1.29, 1.82) is 0 Å². The molecule has 0 fully saturated rings. The zero-order valence-corrected chi connectivity index (χ0v) is 13.4. The molecule has 80 valence electrons. The van der Waals surface area contributed by atoms with Crippen LogP contribution in [0.3, 0.4) is 0 Å². The Morgan fingerprint density at radius 1 is 1.20 bits per heavy atom. The van der Waals surface area contributed by atoms with E-state index in [2.05, 4.69) is 19.1 Å². The van der Waals surface area contributed by atoms with Gasteiger partial charge >= 0.3 is 92.9 Å². The first-order chi connectivity index (χ1) is 5.70. The predicted molar refractivity (Wildman–Crippen MR) is 47.8 cm³/mol. The number of hydrogen-bond donors (Lipinski definition) is 0. The molecule has 0 saturated heterocycles. The molecule has 2 rings (SSSR count). The van der Waals surface area contributed by atoms with Gasteiger partial charge in [-0.1, -0.05) is 0 Å². The van der Waals surface area contributed by atoms with E-state index in [9.17, 15) is 0 Å². The van der Waals surface area contributed by atoms with Gasteiger partial charge in [0.25, 0.3) is 0 Å². The topological polar surface area (TPSA) is 0 Å². The summed E-state index contributed by atoms with van der Waals surface area (Å²) in [4.78, 5) is 0. The molecule has 1 aromatic carbocycles. The summed E-state index contributed by atoms with van der Waals surface area (Å²) in [6.45, 7) is 2.18. The fraction of sp³-hybridized carbons (Fsp3) is 0.200. The Labute approximate surface area is 129 Å². The van der Waals surface area contributed by atoms with Crippen LogP contribution in [0.4, 0.5) is 0 Å². The third-order valence-corrected chi connectivity index (χ3v) is 4.44. The first-order valence-electron chi connectivity index (χ1n) is 3.88. The van der Waals surface area contributed by atoms with Crippen molar-refractivity contribution in [3.05, 3.63) is 39.9 Å². The van der Waals surface area contributed by atoms with Crippen LogP contribution in [0.15, 0.2) is 23.8 Å². The molecule has 0 bridgehead atoms. The Kier molecular flexibility index (Phi) is 9.00. The molecule has 0 radical (unpaired) electrons. The van der Waals surface area contributed by atoms with Crippen molar-refractivity contribution in [3.8, 4) is 0 Å². The van der Waals surface area contributed by atoms with Gasteiger partial charge in [0.1, 0.15) is 0 Å². The van der Waals surface area contributed by atoms with Crippen molar-refractivity contribution in [3.63, 3.8) is 0 Å². The van der Waals surface area contributed by atoms with Crippen LogP contribution in [0, 0.1) is 0 Å². The molecule has 5 heteroatoms. The minimum Gasteiger partial charge on any atom is -1.00 e. The maximum Gasteiger partial charge on any atom is -1.00 e. The van der Waals surface area contributed by atoms with Gasteiger partial charge in [-0.15, -0.1) is 0 Å². The number of allylic oxidation sites excluding steroid dienone is 1. The normalized spacial score (nSPS) is 16.5. The summed E-state index contributed by atoms with van der Waals surface area (Å²) in [6, 6.07) is 6.16. The van der Waals surface area contributed by atoms with Crippen LogP contribution in [-0.4, -0.2) is 0 Å². The number of fused-ring (bicyclic) bond motifs is 1. The van der Waals surface area contributed by atoms with E-state index in [1.165, 1.54) is 16.7 Å². The molecule has 1 unspecified atom stereocenters. The van der Waals surface area contributed by atoms with Gasteiger partial charge in [0.2, 0.25) is 0 Å². The van der Waals surface area contributed by atoms with E-state index in [1.54, 1.807) is 24.7 Å². The minimum atomic E-state index is 0. The Hall–Kier alpha value is 1.00. The van der Waals surface area contributed by atoms with Crippen molar-refractivity contribution in [2.45, 2.75) is 10.5 Å². The molecule has 0 spiro atoms. The first kappa shape index (κ1) is 18.4. The van der Waals surface area contributed by atoms with E-state index < -0.39 is 0 Å². The fourth-order valence-corrected chi connectivity index (χ4v) is 2.57. The van der Waals surface area contributed by atoms with Crippen molar-refractivity contribution in [2.24, 2.45) is 0 Å². The summed E-state index contributed by atoms with van der Waals surface area (Å²) < 4.78 is 0.630. The molecule has 0 N–H and O–H groups in total. The van der Waals surface area contributed by atoms with Gasteiger partial charge in [-0.3, -0.25) is 0 Å². The maximum absolute atomic E-state index is 6.07. The summed E-state index contributed by atoms with van der Waals surface area (Å²) >= 11 is 7.61. The molecule has 1 aromatic rings. The quantitative estimate of drug-likeness (QED) is 0.433. The standard InChI is InChI=1S/C10H8Cl.3ClH.Zr/c1-7-5-8-3-2-4-10(11)9(8)6-7;;;;/h2-6H,1H3;3*1H;/q;;;;+3/p-3. The Morgan fingerprint density at radius 2 is 1.80 bits per heavy atom. The molecule has 0 aliphatic heterocycles. The molecule has 0 aromatic heterocycles. The number of benzene rings is 1. The van der Waals surface area contributed by atoms with Gasteiger partial charge in [-0.2, -0.15) is 0 Å². The summed E-state index contributed by atoms with van der Waals surface area (Å²) in [6.07, 6.45) is 2.21. The van der Waals surface area contributed by atoms with Crippen LogP contribution in [-0.2, 0) is 24.7 Å². The van der Waals surface area contributed by atoms with Gasteiger partial charge in [0, 0.05) is 0 Å². The summed E-state index contributed by atoms with van der Waals surface area (Å²) in [5, 5.41) is 0.886. The van der Waals surface area contributed by atoms with Crippen LogP contribution < -0.4 is 37.2 Å². The van der Waals surface area contributed by atoms with Crippen LogP contribution in [0.1, 0.15) is 21.7 Å². The molecular weight excluding hydrogens is 353 g/mol. The average Bonchev–Trinajstić information content (AvgIpc) is 2.32. The summed E-state index contributed by atoms with van der Waals surface area (Å²) in [7, 11) is 0. The number of hydrogen-bond acceptors (Lipinski definition) is 0. The maximum atomic E-state index is 6.07. The van der Waals surface area contributed by atoms with Crippen LogP contribution in [0.5, 0.6) is 0 Å². The van der Waals surface area contributed by atoms with Crippen molar-refractivity contribution < 1.29 is 61.9 Å². The Morgan fingerprint density at radius 3 is 2.33 bits per heavy atom. The Balaban J connectivity index is 0. The first-order valence-corrected chi connectivity index (χ1v) is 5.67. The molecule has 1 aliphatic carbocycles. The van der Waals surface area contributed by atoms with Gasteiger partial charge < -0.3 is 37.2 Å². The SMILES string of the molecule is CC1=Cc2c(Cl)cccc2[CH]1[Zr+3].[Cl-].[Cl-].[Cl-]. The third kappa shape index (κ3) is 3.48. The zero-order valence-electron chi connectivity index (χ0n) is 7.90. The van der Waals surface area contributed by atoms with E-state index in [1.807, 2.05) is 12.1 Å². The number of rotatable bonds is 0. The summed E-state index contributed by atoms with van der Waals surface area (Å²) in [5.74, 6) is 0. The Bertz CT molecular complexity index is 362. The predicted octanol–water partition coefficient (Wildman–Crippen LogP) is -5.64. The molecule has 0 nitrogen and oxygen atoms in total. The van der Waals surface area contributed by atoms with Crippen molar-refractivity contribution in [2.75, 3.05) is 0 Å². The molecule has 0 amide bonds. The van der Waals surface area contributed by atoms with Gasteiger partial charge in [-0.25, -0.2) is 0 Å². The molecule has 0 saturated carbocycles. The molecule has 1 atom stereocenters. The van der Waals surface area contributed by atoms with Crippen molar-refractivity contribution in [1.82, 2.24) is 0 Å². The minimum absolute atomic E-state index is 0. The number of halogens is 4. The van der Waals surface area contributed by atoms with E-state index >= 15 is 0 Å². The van der Waals surface area contributed by atoms with Crippen LogP contribution in [0.2, 0.25) is 5.02 Å². The van der Waals surface area contributed by atoms with E-state index in [0.717, 1.165) is 5.02 Å². The monoisotopic (exact) mass is 358 g/mol. The van der Waals surface area contributed by atoms with Crippen LogP contribution >= 0.6 is 11.6 Å². The third-order valence-electron chi connectivity index (χ3n) is 2.22. The van der Waals surface area contributed by atoms with Gasteiger partial charge in [-0.05, 0) is 0 Å². The fourth-order valence-electron chi connectivity index (χ4n) is 1.51. The zero-order chi connectivity index (χ0) is 8.72. The molecule has 1 aliphatic rings. The van der Waals surface area contributed by atoms with Crippen molar-refractivity contribution >= 4 is 17.7 Å².